The first-order chi connectivity index (χ1) is 10.8. The summed E-state index contributed by atoms with van der Waals surface area (Å²) in [4.78, 5) is 8.96. The summed E-state index contributed by atoms with van der Waals surface area (Å²) in [6.07, 6.45) is 1.72. The zero-order valence-corrected chi connectivity index (χ0v) is 13.1. The first kappa shape index (κ1) is 14.7. The van der Waals surface area contributed by atoms with E-state index in [4.69, 9.17) is 9.72 Å². The Labute approximate surface area is 130 Å². The second kappa shape index (κ2) is 6.70. The van der Waals surface area contributed by atoms with Crippen LogP contribution in [0.2, 0.25) is 0 Å². The minimum absolute atomic E-state index is 0.636. The van der Waals surface area contributed by atoms with E-state index >= 15 is 0 Å². The number of morpholine rings is 1. The van der Waals surface area contributed by atoms with Gasteiger partial charge in [0.15, 0.2) is 5.82 Å². The number of anilines is 3. The van der Waals surface area contributed by atoms with Crippen LogP contribution in [0.4, 0.5) is 17.5 Å². The van der Waals surface area contributed by atoms with Crippen molar-refractivity contribution in [3.63, 3.8) is 0 Å². The second-order valence-corrected chi connectivity index (χ2v) is 5.30. The average Bonchev–Trinajstić information content (AvgIpc) is 2.57. The van der Waals surface area contributed by atoms with Crippen LogP contribution < -0.4 is 9.80 Å². The summed E-state index contributed by atoms with van der Waals surface area (Å²) in [5, 5.41) is 8.36. The number of ether oxygens (including phenoxy) is 1. The van der Waals surface area contributed by atoms with Crippen molar-refractivity contribution in [2.24, 2.45) is 0 Å². The van der Waals surface area contributed by atoms with E-state index in [0.717, 1.165) is 44.4 Å². The molecule has 1 fully saturated rings. The van der Waals surface area contributed by atoms with Gasteiger partial charge >= 0.3 is 0 Å². The van der Waals surface area contributed by atoms with E-state index in [0.29, 0.717) is 5.95 Å². The van der Waals surface area contributed by atoms with Crippen LogP contribution in [0.15, 0.2) is 30.5 Å². The van der Waals surface area contributed by atoms with Gasteiger partial charge in [-0.15, -0.1) is 5.10 Å². The lowest BCUT2D eigenvalue weighted by molar-refractivity contribution is 0.122. The highest BCUT2D eigenvalue weighted by Crippen LogP contribution is 2.23. The monoisotopic (exact) mass is 299 g/mol. The van der Waals surface area contributed by atoms with Crippen molar-refractivity contribution in [3.05, 3.63) is 36.0 Å². The number of aromatic nitrogens is 3. The first-order valence-electron chi connectivity index (χ1n) is 7.64. The molecular weight excluding hydrogens is 278 g/mol. The Hall–Kier alpha value is -2.21. The Morgan fingerprint density at radius 1 is 1.27 bits per heavy atom. The molecule has 2 heterocycles. The summed E-state index contributed by atoms with van der Waals surface area (Å²) in [6, 6.07) is 8.34. The van der Waals surface area contributed by atoms with Crippen LogP contribution in [-0.2, 0) is 4.74 Å². The maximum absolute atomic E-state index is 5.39. The van der Waals surface area contributed by atoms with Crippen LogP contribution in [0.5, 0.6) is 0 Å². The van der Waals surface area contributed by atoms with Crippen molar-refractivity contribution < 1.29 is 4.74 Å². The fraction of sp³-hybridized carbons (Fsp3) is 0.438. The van der Waals surface area contributed by atoms with Gasteiger partial charge in [0.1, 0.15) is 0 Å². The fourth-order valence-electron chi connectivity index (χ4n) is 2.58. The molecule has 1 aliphatic heterocycles. The highest BCUT2D eigenvalue weighted by molar-refractivity contribution is 5.58. The van der Waals surface area contributed by atoms with Crippen molar-refractivity contribution in [3.8, 4) is 0 Å². The summed E-state index contributed by atoms with van der Waals surface area (Å²) < 4.78 is 5.39. The normalized spacial score (nSPS) is 14.9. The maximum Gasteiger partial charge on any atom is 0.251 e. The molecule has 0 saturated carbocycles. The molecule has 0 aliphatic carbocycles. The van der Waals surface area contributed by atoms with E-state index in [9.17, 15) is 0 Å². The predicted molar refractivity (Wildman–Crippen MR) is 86.7 cm³/mol. The summed E-state index contributed by atoms with van der Waals surface area (Å²) in [7, 11) is 0. The van der Waals surface area contributed by atoms with E-state index in [1.165, 1.54) is 5.56 Å². The highest BCUT2D eigenvalue weighted by Gasteiger charge is 2.16. The number of hydrogen-bond donors (Lipinski definition) is 0. The zero-order chi connectivity index (χ0) is 15.4. The molecule has 116 valence electrons. The van der Waals surface area contributed by atoms with Gasteiger partial charge in [-0.2, -0.15) is 10.1 Å². The van der Waals surface area contributed by atoms with Crippen LogP contribution >= 0.6 is 0 Å². The second-order valence-electron chi connectivity index (χ2n) is 5.30. The van der Waals surface area contributed by atoms with Crippen LogP contribution in [0.25, 0.3) is 0 Å². The average molecular weight is 299 g/mol. The van der Waals surface area contributed by atoms with Gasteiger partial charge in [-0.1, -0.05) is 12.1 Å². The molecule has 6 nitrogen and oxygen atoms in total. The molecule has 6 heteroatoms. The van der Waals surface area contributed by atoms with E-state index in [1.807, 2.05) is 6.07 Å². The molecule has 3 rings (SSSR count). The number of benzene rings is 1. The van der Waals surface area contributed by atoms with Gasteiger partial charge in [-0.25, -0.2) is 0 Å². The van der Waals surface area contributed by atoms with Gasteiger partial charge in [0.25, 0.3) is 5.95 Å². The highest BCUT2D eigenvalue weighted by atomic mass is 16.5. The molecule has 0 radical (unpaired) electrons. The lowest BCUT2D eigenvalue weighted by Gasteiger charge is -2.28. The Balaban J connectivity index is 1.89. The summed E-state index contributed by atoms with van der Waals surface area (Å²) in [5.74, 6) is 1.50. The fourth-order valence-corrected chi connectivity index (χ4v) is 2.58. The third-order valence-electron chi connectivity index (χ3n) is 3.74. The van der Waals surface area contributed by atoms with Gasteiger partial charge in [-0.05, 0) is 31.5 Å². The Bertz CT molecular complexity index is 627. The molecule has 0 N–H and O–H groups in total. The van der Waals surface area contributed by atoms with E-state index < -0.39 is 0 Å². The SMILES string of the molecule is CCN(c1cccc(C)c1)c1nncc(N2CCOCC2)n1. The Morgan fingerprint density at radius 3 is 2.82 bits per heavy atom. The molecule has 1 saturated heterocycles. The third kappa shape index (κ3) is 3.17. The Morgan fingerprint density at radius 2 is 2.09 bits per heavy atom. The lowest BCUT2D eigenvalue weighted by Crippen LogP contribution is -2.37. The van der Waals surface area contributed by atoms with Gasteiger partial charge in [0.05, 0.1) is 19.4 Å². The summed E-state index contributed by atoms with van der Waals surface area (Å²) >= 11 is 0. The van der Waals surface area contributed by atoms with Crippen molar-refractivity contribution >= 4 is 17.5 Å². The van der Waals surface area contributed by atoms with Gasteiger partial charge in [0.2, 0.25) is 0 Å². The molecule has 0 spiro atoms. The van der Waals surface area contributed by atoms with Crippen LogP contribution in [-0.4, -0.2) is 48.0 Å². The lowest BCUT2D eigenvalue weighted by atomic mass is 10.2. The standard InChI is InChI=1S/C16H21N5O/c1-3-21(14-6-4-5-13(2)11-14)16-18-15(12-17-19-16)20-7-9-22-10-8-20/h4-6,11-12H,3,7-10H2,1-2H3. The quantitative estimate of drug-likeness (QED) is 0.862. The van der Waals surface area contributed by atoms with E-state index in [-0.39, 0.29) is 0 Å². The van der Waals surface area contributed by atoms with Crippen molar-refractivity contribution in [2.45, 2.75) is 13.8 Å². The smallest absolute Gasteiger partial charge is 0.251 e. The molecule has 1 aromatic carbocycles. The van der Waals surface area contributed by atoms with Crippen LogP contribution in [0.1, 0.15) is 12.5 Å². The minimum Gasteiger partial charge on any atom is -0.378 e. The number of hydrogen-bond acceptors (Lipinski definition) is 6. The van der Waals surface area contributed by atoms with Gasteiger partial charge in [-0.3, -0.25) is 0 Å². The number of nitrogens with zero attached hydrogens (tertiary/aromatic N) is 5. The number of rotatable bonds is 4. The molecule has 0 amide bonds. The van der Waals surface area contributed by atoms with E-state index in [2.05, 4.69) is 52.0 Å². The Kier molecular flexibility index (Phi) is 4.48. The van der Waals surface area contributed by atoms with Crippen molar-refractivity contribution in [1.82, 2.24) is 15.2 Å². The van der Waals surface area contributed by atoms with Gasteiger partial charge < -0.3 is 14.5 Å². The maximum atomic E-state index is 5.39. The van der Waals surface area contributed by atoms with Crippen LogP contribution in [0, 0.1) is 6.92 Å². The van der Waals surface area contributed by atoms with Gasteiger partial charge in [0, 0.05) is 25.3 Å². The molecule has 1 aromatic heterocycles. The van der Waals surface area contributed by atoms with E-state index in [1.54, 1.807) is 6.20 Å². The molecule has 0 unspecified atom stereocenters. The third-order valence-corrected chi connectivity index (χ3v) is 3.74. The molecule has 0 atom stereocenters. The van der Waals surface area contributed by atoms with Crippen molar-refractivity contribution in [1.29, 1.82) is 0 Å². The summed E-state index contributed by atoms with van der Waals surface area (Å²) in [5.41, 5.74) is 2.30. The topological polar surface area (TPSA) is 54.4 Å². The summed E-state index contributed by atoms with van der Waals surface area (Å²) in [6.45, 7) is 8.11. The molecule has 0 bridgehead atoms. The predicted octanol–water partition coefficient (Wildman–Crippen LogP) is 2.17. The molecule has 2 aromatic rings. The van der Waals surface area contributed by atoms with Crippen molar-refractivity contribution in [2.75, 3.05) is 42.6 Å². The largest absolute Gasteiger partial charge is 0.378 e. The van der Waals surface area contributed by atoms with Crippen LogP contribution in [0.3, 0.4) is 0 Å². The number of aryl methyl sites for hydroxylation is 1. The zero-order valence-electron chi connectivity index (χ0n) is 13.1. The molecule has 1 aliphatic rings. The first-order valence-corrected chi connectivity index (χ1v) is 7.64. The minimum atomic E-state index is 0.636. The molecular formula is C16H21N5O. The molecule has 22 heavy (non-hydrogen) atoms.